The molecule has 3 N–H and O–H groups in total. The van der Waals surface area contributed by atoms with Crippen molar-refractivity contribution >= 4 is 21.2 Å². The van der Waals surface area contributed by atoms with Gasteiger partial charge in [0.25, 0.3) is 0 Å². The minimum Gasteiger partial charge on any atom is -0.508 e. The molecule has 0 aliphatic heterocycles. The van der Waals surface area contributed by atoms with E-state index in [0.29, 0.717) is 0 Å². The van der Waals surface area contributed by atoms with Crippen molar-refractivity contribution in [3.63, 3.8) is 0 Å². The Morgan fingerprint density at radius 2 is 1.50 bits per heavy atom. The summed E-state index contributed by atoms with van der Waals surface area (Å²) < 4.78 is 24.3. The summed E-state index contributed by atoms with van der Waals surface area (Å²) in [5.41, 5.74) is 4.27. The van der Waals surface area contributed by atoms with Gasteiger partial charge in [0.2, 0.25) is 10.0 Å². The number of phenolic OH excluding ortho intramolecular Hbond substituents is 1. The Bertz CT molecular complexity index is 969. The molecular formula is C21H23NO3S. The van der Waals surface area contributed by atoms with Crippen LogP contribution in [0.3, 0.4) is 0 Å². The van der Waals surface area contributed by atoms with E-state index < -0.39 is 10.0 Å². The fourth-order valence-corrected chi connectivity index (χ4v) is 5.43. The van der Waals surface area contributed by atoms with Crippen LogP contribution in [-0.2, 0) is 10.0 Å². The Labute approximate surface area is 154 Å². The zero-order valence-electron chi connectivity index (χ0n) is 14.6. The highest BCUT2D eigenvalue weighted by Crippen LogP contribution is 2.58. The van der Waals surface area contributed by atoms with Gasteiger partial charge in [-0.05, 0) is 71.6 Å². The Hall–Kier alpha value is -2.11. The van der Waals surface area contributed by atoms with E-state index in [1.54, 1.807) is 24.3 Å². The van der Waals surface area contributed by atoms with Crippen LogP contribution in [0.15, 0.2) is 53.4 Å². The molecule has 2 aromatic carbocycles. The van der Waals surface area contributed by atoms with Crippen LogP contribution in [0.5, 0.6) is 5.75 Å². The molecule has 0 atom stereocenters. The van der Waals surface area contributed by atoms with E-state index in [0.717, 1.165) is 29.5 Å². The normalized spacial score (nSPS) is 19.4. The van der Waals surface area contributed by atoms with Crippen LogP contribution in [0.25, 0.3) is 11.1 Å². The molecule has 2 aromatic rings. The number of aromatic hydroxyl groups is 1. The molecule has 0 amide bonds. The summed E-state index contributed by atoms with van der Waals surface area (Å²) in [4.78, 5) is 0.196. The third kappa shape index (κ3) is 3.06. The molecule has 4 nitrogen and oxygen atoms in total. The summed E-state index contributed by atoms with van der Waals surface area (Å²) in [6.45, 7) is 0. The first-order valence-corrected chi connectivity index (χ1v) is 10.6. The lowest BCUT2D eigenvalue weighted by molar-refractivity contribution is 0.329. The van der Waals surface area contributed by atoms with Crippen molar-refractivity contribution in [3.05, 3.63) is 59.7 Å². The summed E-state index contributed by atoms with van der Waals surface area (Å²) in [6.07, 6.45) is 6.65. The monoisotopic (exact) mass is 369 g/mol. The van der Waals surface area contributed by atoms with Gasteiger partial charge in [0.05, 0.1) is 4.90 Å². The number of phenols is 1. The van der Waals surface area contributed by atoms with Crippen molar-refractivity contribution in [3.8, 4) is 5.75 Å². The number of allylic oxidation sites excluding steroid dienone is 2. The van der Waals surface area contributed by atoms with E-state index in [1.807, 2.05) is 24.3 Å². The largest absolute Gasteiger partial charge is 0.508 e. The lowest BCUT2D eigenvalue weighted by atomic mass is 9.81. The van der Waals surface area contributed by atoms with Crippen molar-refractivity contribution < 1.29 is 13.5 Å². The molecule has 0 unspecified atom stereocenters. The Kier molecular flexibility index (Phi) is 4.16. The number of hydrogen-bond acceptors (Lipinski definition) is 3. The first kappa shape index (κ1) is 17.3. The highest BCUT2D eigenvalue weighted by molar-refractivity contribution is 7.89. The van der Waals surface area contributed by atoms with Gasteiger partial charge >= 0.3 is 0 Å². The molecule has 1 saturated carbocycles. The molecule has 1 fully saturated rings. The van der Waals surface area contributed by atoms with Crippen molar-refractivity contribution in [1.29, 1.82) is 0 Å². The smallest absolute Gasteiger partial charge is 0.238 e. The van der Waals surface area contributed by atoms with E-state index in [1.165, 1.54) is 31.3 Å². The van der Waals surface area contributed by atoms with Gasteiger partial charge in [-0.1, -0.05) is 43.2 Å². The van der Waals surface area contributed by atoms with Crippen LogP contribution in [0.2, 0.25) is 0 Å². The quantitative estimate of drug-likeness (QED) is 0.846. The maximum absolute atomic E-state index is 12.1. The fraction of sp³-hybridized carbons (Fsp3) is 0.333. The van der Waals surface area contributed by atoms with E-state index >= 15 is 0 Å². The maximum Gasteiger partial charge on any atom is 0.238 e. The molecule has 1 spiro atoms. The molecule has 2 aliphatic rings. The molecule has 4 rings (SSSR count). The summed E-state index contributed by atoms with van der Waals surface area (Å²) in [6, 6.07) is 14.2. The SMILES string of the molecule is NS(=O)(=O)c1ccccc1C1=C(c2ccc(O)cc2)CC2(CCCC2)C1. The molecule has 5 heteroatoms. The van der Waals surface area contributed by atoms with Crippen molar-refractivity contribution in [2.45, 2.75) is 43.4 Å². The Morgan fingerprint density at radius 3 is 2.15 bits per heavy atom. The number of primary sulfonamides is 1. The molecular weight excluding hydrogens is 346 g/mol. The molecule has 0 saturated heterocycles. The van der Waals surface area contributed by atoms with Crippen molar-refractivity contribution in [2.75, 3.05) is 0 Å². The van der Waals surface area contributed by atoms with Gasteiger partial charge in [0.1, 0.15) is 5.75 Å². The van der Waals surface area contributed by atoms with Crippen LogP contribution >= 0.6 is 0 Å². The van der Waals surface area contributed by atoms with E-state index in [4.69, 9.17) is 5.14 Å². The second kappa shape index (κ2) is 6.25. The summed E-state index contributed by atoms with van der Waals surface area (Å²) in [5, 5.41) is 15.1. The molecule has 2 aliphatic carbocycles. The lowest BCUT2D eigenvalue weighted by Crippen LogP contribution is -2.15. The second-order valence-electron chi connectivity index (χ2n) is 7.61. The molecule has 0 radical (unpaired) electrons. The van der Waals surface area contributed by atoms with Crippen LogP contribution in [0.4, 0.5) is 0 Å². The number of sulfonamides is 1. The van der Waals surface area contributed by atoms with Crippen LogP contribution in [0.1, 0.15) is 49.7 Å². The van der Waals surface area contributed by atoms with Gasteiger partial charge in [0.15, 0.2) is 0 Å². The second-order valence-corrected chi connectivity index (χ2v) is 9.14. The maximum atomic E-state index is 12.1. The zero-order chi connectivity index (χ0) is 18.4. The Balaban J connectivity index is 1.90. The third-order valence-corrected chi connectivity index (χ3v) is 6.84. The van der Waals surface area contributed by atoms with E-state index in [-0.39, 0.29) is 16.1 Å². The Morgan fingerprint density at radius 1 is 0.885 bits per heavy atom. The van der Waals surface area contributed by atoms with Crippen LogP contribution in [0, 0.1) is 5.41 Å². The van der Waals surface area contributed by atoms with Gasteiger partial charge in [-0.3, -0.25) is 0 Å². The number of rotatable bonds is 3. The van der Waals surface area contributed by atoms with Gasteiger partial charge < -0.3 is 5.11 Å². The third-order valence-electron chi connectivity index (χ3n) is 5.87. The number of hydrogen-bond donors (Lipinski definition) is 2. The zero-order valence-corrected chi connectivity index (χ0v) is 15.4. The van der Waals surface area contributed by atoms with Crippen molar-refractivity contribution in [1.82, 2.24) is 0 Å². The highest BCUT2D eigenvalue weighted by atomic mass is 32.2. The average Bonchev–Trinajstić information content (AvgIpc) is 3.22. The predicted octanol–water partition coefficient (Wildman–Crippen LogP) is 4.30. The molecule has 0 bridgehead atoms. The standard InChI is InChI=1S/C21H23NO3S/c22-26(24,25)20-6-2-1-5-17(20)19-14-21(11-3-4-12-21)13-18(19)15-7-9-16(23)10-8-15/h1-2,5-10,23H,3-4,11-14H2,(H2,22,24,25). The van der Waals surface area contributed by atoms with Crippen LogP contribution in [-0.4, -0.2) is 13.5 Å². The molecule has 0 aromatic heterocycles. The highest BCUT2D eigenvalue weighted by Gasteiger charge is 2.42. The van der Waals surface area contributed by atoms with Gasteiger partial charge in [-0.25, -0.2) is 13.6 Å². The molecule has 136 valence electrons. The minimum atomic E-state index is -3.79. The van der Waals surface area contributed by atoms with Crippen molar-refractivity contribution in [2.24, 2.45) is 10.6 Å². The molecule has 26 heavy (non-hydrogen) atoms. The number of nitrogens with two attached hydrogens (primary N) is 1. The van der Waals surface area contributed by atoms with Gasteiger partial charge in [0, 0.05) is 0 Å². The van der Waals surface area contributed by atoms with E-state index in [9.17, 15) is 13.5 Å². The lowest BCUT2D eigenvalue weighted by Gasteiger charge is -2.23. The summed E-state index contributed by atoms with van der Waals surface area (Å²) in [7, 11) is -3.79. The minimum absolute atomic E-state index is 0.196. The first-order chi connectivity index (χ1) is 12.4. The average molecular weight is 369 g/mol. The summed E-state index contributed by atoms with van der Waals surface area (Å²) >= 11 is 0. The van der Waals surface area contributed by atoms with Crippen LogP contribution < -0.4 is 5.14 Å². The topological polar surface area (TPSA) is 80.4 Å². The number of benzene rings is 2. The predicted molar refractivity (Wildman–Crippen MR) is 103 cm³/mol. The van der Waals surface area contributed by atoms with E-state index in [2.05, 4.69) is 0 Å². The van der Waals surface area contributed by atoms with Gasteiger partial charge in [-0.2, -0.15) is 0 Å². The first-order valence-electron chi connectivity index (χ1n) is 9.02. The fourth-order valence-electron chi connectivity index (χ4n) is 4.67. The summed E-state index contributed by atoms with van der Waals surface area (Å²) in [5.74, 6) is 0.231. The van der Waals surface area contributed by atoms with Gasteiger partial charge in [-0.15, -0.1) is 0 Å². The molecule has 0 heterocycles.